The lowest BCUT2D eigenvalue weighted by Crippen LogP contribution is -2.40. The molecule has 0 aromatic heterocycles. The number of hydrogen-bond donors (Lipinski definition) is 0. The largest absolute Gasteiger partial charge is 0.381 e. The normalized spacial score (nSPS) is 16.2. The molecule has 1 heterocycles. The highest BCUT2D eigenvalue weighted by molar-refractivity contribution is 5.94. The lowest BCUT2D eigenvalue weighted by Gasteiger charge is -2.31. The number of methoxy groups -OCH3 is 1. The quantitative estimate of drug-likeness (QED) is 0.627. The van der Waals surface area contributed by atoms with Gasteiger partial charge in [-0.2, -0.15) is 4.39 Å². The first kappa shape index (κ1) is 14.4. The first-order valence-corrected chi connectivity index (χ1v) is 6.29. The Balaban J connectivity index is 2.10. The molecule has 0 radical (unpaired) electrons. The molecule has 0 saturated carbocycles. The third-order valence-corrected chi connectivity index (χ3v) is 3.45. The Morgan fingerprint density at radius 3 is 2.60 bits per heavy atom. The molecule has 1 aromatic carbocycles. The highest BCUT2D eigenvalue weighted by Crippen LogP contribution is 2.21. The molecule has 1 aromatic rings. The van der Waals surface area contributed by atoms with Gasteiger partial charge in [0, 0.05) is 31.8 Å². The van der Waals surface area contributed by atoms with Crippen LogP contribution in [0.2, 0.25) is 0 Å². The Labute approximate surface area is 115 Å². The number of nitro benzene ring substituents is 1. The van der Waals surface area contributed by atoms with Crippen molar-refractivity contribution in [3.05, 3.63) is 39.7 Å². The van der Waals surface area contributed by atoms with Crippen LogP contribution in [0.15, 0.2) is 18.2 Å². The summed E-state index contributed by atoms with van der Waals surface area (Å²) in [5.41, 5.74) is -0.497. The van der Waals surface area contributed by atoms with Gasteiger partial charge in [-0.25, -0.2) is 0 Å². The fourth-order valence-corrected chi connectivity index (χ4v) is 2.27. The van der Waals surface area contributed by atoms with Crippen LogP contribution < -0.4 is 0 Å². The third-order valence-electron chi connectivity index (χ3n) is 3.45. The van der Waals surface area contributed by atoms with Gasteiger partial charge in [0.15, 0.2) is 0 Å². The zero-order valence-corrected chi connectivity index (χ0v) is 11.0. The average molecular weight is 282 g/mol. The van der Waals surface area contributed by atoms with Crippen molar-refractivity contribution in [3.63, 3.8) is 0 Å². The van der Waals surface area contributed by atoms with Gasteiger partial charge in [-0.3, -0.25) is 14.9 Å². The van der Waals surface area contributed by atoms with Gasteiger partial charge < -0.3 is 9.64 Å². The van der Waals surface area contributed by atoms with Crippen molar-refractivity contribution in [2.45, 2.75) is 18.9 Å². The van der Waals surface area contributed by atoms with E-state index in [2.05, 4.69) is 0 Å². The summed E-state index contributed by atoms with van der Waals surface area (Å²) in [6.07, 6.45) is 1.61. The molecule has 1 aliphatic heterocycles. The van der Waals surface area contributed by atoms with Gasteiger partial charge in [0.2, 0.25) is 5.82 Å². The van der Waals surface area contributed by atoms with Crippen LogP contribution in [-0.2, 0) is 4.74 Å². The number of nitrogens with zero attached hydrogens (tertiary/aromatic N) is 2. The average Bonchev–Trinajstić information content (AvgIpc) is 2.46. The Morgan fingerprint density at radius 1 is 1.45 bits per heavy atom. The Kier molecular flexibility index (Phi) is 4.29. The van der Waals surface area contributed by atoms with E-state index in [0.717, 1.165) is 25.0 Å². The predicted molar refractivity (Wildman–Crippen MR) is 69.0 cm³/mol. The molecule has 0 atom stereocenters. The molecular formula is C13H15FN2O4. The zero-order chi connectivity index (χ0) is 14.7. The maximum atomic E-state index is 13.5. The number of benzene rings is 1. The van der Waals surface area contributed by atoms with E-state index in [4.69, 9.17) is 4.74 Å². The topological polar surface area (TPSA) is 72.7 Å². The third kappa shape index (κ3) is 2.93. The first-order valence-electron chi connectivity index (χ1n) is 6.29. The van der Waals surface area contributed by atoms with E-state index in [9.17, 15) is 19.3 Å². The standard InChI is InChI=1S/C13H15FN2O4/c1-20-10-4-6-15(7-5-10)13(17)9-2-3-12(16(18)19)11(14)8-9/h2-3,8,10H,4-7H2,1H3. The van der Waals surface area contributed by atoms with Gasteiger partial charge >= 0.3 is 5.69 Å². The summed E-state index contributed by atoms with van der Waals surface area (Å²) in [5, 5.41) is 10.5. The zero-order valence-electron chi connectivity index (χ0n) is 11.0. The van der Waals surface area contributed by atoms with Gasteiger partial charge in [0.25, 0.3) is 5.91 Å². The van der Waals surface area contributed by atoms with Crippen molar-refractivity contribution < 1.29 is 18.8 Å². The van der Waals surface area contributed by atoms with Crippen LogP contribution in [0, 0.1) is 15.9 Å². The Hall–Kier alpha value is -2.02. The summed E-state index contributed by atoms with van der Waals surface area (Å²) in [7, 11) is 1.63. The van der Waals surface area contributed by atoms with Crippen molar-refractivity contribution in [1.29, 1.82) is 0 Å². The van der Waals surface area contributed by atoms with Crippen molar-refractivity contribution >= 4 is 11.6 Å². The Bertz CT molecular complexity index is 527. The number of carbonyl (C=O) groups excluding carboxylic acids is 1. The van der Waals surface area contributed by atoms with Gasteiger partial charge in [-0.05, 0) is 25.0 Å². The summed E-state index contributed by atoms with van der Waals surface area (Å²) >= 11 is 0. The minimum atomic E-state index is -0.993. The number of piperidine rings is 1. The SMILES string of the molecule is COC1CCN(C(=O)c2ccc([N+](=O)[O-])c(F)c2)CC1. The van der Waals surface area contributed by atoms with Crippen LogP contribution in [0.4, 0.5) is 10.1 Å². The molecular weight excluding hydrogens is 267 g/mol. The van der Waals surface area contributed by atoms with E-state index in [0.29, 0.717) is 13.1 Å². The van der Waals surface area contributed by atoms with Crippen molar-refractivity contribution in [2.75, 3.05) is 20.2 Å². The molecule has 0 spiro atoms. The second-order valence-corrected chi connectivity index (χ2v) is 4.65. The molecule has 0 unspecified atom stereocenters. The highest BCUT2D eigenvalue weighted by Gasteiger charge is 2.25. The van der Waals surface area contributed by atoms with Gasteiger partial charge in [-0.1, -0.05) is 0 Å². The van der Waals surface area contributed by atoms with Gasteiger partial charge in [0.1, 0.15) is 0 Å². The molecule has 0 N–H and O–H groups in total. The number of carbonyl (C=O) groups is 1. The van der Waals surface area contributed by atoms with Crippen molar-refractivity contribution in [2.24, 2.45) is 0 Å². The number of nitro groups is 1. The van der Waals surface area contributed by atoms with Crippen LogP contribution in [0.25, 0.3) is 0 Å². The molecule has 2 rings (SSSR count). The summed E-state index contributed by atoms with van der Waals surface area (Å²) in [5.74, 6) is -1.30. The smallest absolute Gasteiger partial charge is 0.304 e. The minimum Gasteiger partial charge on any atom is -0.381 e. The van der Waals surface area contributed by atoms with Crippen LogP contribution >= 0.6 is 0 Å². The fourth-order valence-electron chi connectivity index (χ4n) is 2.27. The maximum Gasteiger partial charge on any atom is 0.304 e. The molecule has 1 aliphatic rings. The molecule has 20 heavy (non-hydrogen) atoms. The maximum absolute atomic E-state index is 13.5. The molecule has 1 amide bonds. The van der Waals surface area contributed by atoms with Crippen LogP contribution in [0.1, 0.15) is 23.2 Å². The number of rotatable bonds is 3. The summed E-state index contributed by atoms with van der Waals surface area (Å²) in [4.78, 5) is 23.5. The van der Waals surface area contributed by atoms with E-state index in [1.165, 1.54) is 6.07 Å². The lowest BCUT2D eigenvalue weighted by atomic mass is 10.1. The van der Waals surface area contributed by atoms with Crippen LogP contribution in [0.5, 0.6) is 0 Å². The summed E-state index contributed by atoms with van der Waals surface area (Å²) in [6, 6.07) is 3.22. The molecule has 1 fully saturated rings. The van der Waals surface area contributed by atoms with Gasteiger partial charge in [-0.15, -0.1) is 0 Å². The van der Waals surface area contributed by atoms with E-state index >= 15 is 0 Å². The predicted octanol–water partition coefficient (Wildman–Crippen LogP) is 1.98. The lowest BCUT2D eigenvalue weighted by molar-refractivity contribution is -0.387. The number of amides is 1. The minimum absolute atomic E-state index is 0.129. The van der Waals surface area contributed by atoms with E-state index < -0.39 is 16.4 Å². The van der Waals surface area contributed by atoms with Crippen LogP contribution in [0.3, 0.4) is 0 Å². The molecule has 0 bridgehead atoms. The Morgan fingerprint density at radius 2 is 2.10 bits per heavy atom. The fraction of sp³-hybridized carbons (Fsp3) is 0.462. The van der Waals surface area contributed by atoms with E-state index in [-0.39, 0.29) is 17.6 Å². The van der Waals surface area contributed by atoms with Crippen LogP contribution in [-0.4, -0.2) is 42.0 Å². The van der Waals surface area contributed by atoms with Crippen molar-refractivity contribution in [3.8, 4) is 0 Å². The van der Waals surface area contributed by atoms with Gasteiger partial charge in [0.05, 0.1) is 11.0 Å². The molecule has 7 heteroatoms. The number of hydrogen-bond acceptors (Lipinski definition) is 4. The summed E-state index contributed by atoms with van der Waals surface area (Å²) < 4.78 is 18.7. The highest BCUT2D eigenvalue weighted by atomic mass is 19.1. The molecule has 0 aliphatic carbocycles. The number of ether oxygens (including phenoxy) is 1. The molecule has 1 saturated heterocycles. The first-order chi connectivity index (χ1) is 9.52. The summed E-state index contributed by atoms with van der Waals surface area (Å²) in [6.45, 7) is 1.08. The second kappa shape index (κ2) is 5.96. The number of likely N-dealkylation sites (tertiary alicyclic amines) is 1. The van der Waals surface area contributed by atoms with E-state index in [1.807, 2.05) is 0 Å². The molecule has 108 valence electrons. The second-order valence-electron chi connectivity index (χ2n) is 4.65. The van der Waals surface area contributed by atoms with Crippen molar-refractivity contribution in [1.82, 2.24) is 4.90 Å². The monoisotopic (exact) mass is 282 g/mol. The van der Waals surface area contributed by atoms with E-state index in [1.54, 1.807) is 12.0 Å². The number of halogens is 1. The molecule has 6 nitrogen and oxygen atoms in total.